The highest BCUT2D eigenvalue weighted by Gasteiger charge is 2.31. The second-order valence-electron chi connectivity index (χ2n) is 5.74. The first-order chi connectivity index (χ1) is 7.69. The Morgan fingerprint density at radius 3 is 2.50 bits per heavy atom. The van der Waals surface area contributed by atoms with E-state index < -0.39 is 0 Å². The molecular formula is C13H25NO2. The summed E-state index contributed by atoms with van der Waals surface area (Å²) in [6.07, 6.45) is 4.07. The van der Waals surface area contributed by atoms with Crippen molar-refractivity contribution in [2.24, 2.45) is 11.8 Å². The molecule has 3 heteroatoms. The molecule has 0 aromatic rings. The van der Waals surface area contributed by atoms with E-state index in [-0.39, 0.29) is 12.7 Å². The van der Waals surface area contributed by atoms with Gasteiger partial charge in [0.2, 0.25) is 0 Å². The summed E-state index contributed by atoms with van der Waals surface area (Å²) in [5.41, 5.74) is 0. The molecule has 1 aliphatic heterocycles. The molecule has 2 aliphatic rings. The van der Waals surface area contributed by atoms with Gasteiger partial charge in [0.05, 0.1) is 19.3 Å². The Hall–Kier alpha value is -0.120. The van der Waals surface area contributed by atoms with Gasteiger partial charge in [-0.25, -0.2) is 0 Å². The van der Waals surface area contributed by atoms with E-state index in [4.69, 9.17) is 9.84 Å². The minimum Gasteiger partial charge on any atom is -0.394 e. The molecule has 3 nitrogen and oxygen atoms in total. The Morgan fingerprint density at radius 2 is 1.88 bits per heavy atom. The van der Waals surface area contributed by atoms with Gasteiger partial charge in [0.1, 0.15) is 0 Å². The summed E-state index contributed by atoms with van der Waals surface area (Å²) in [6, 6.07) is 0.719. The summed E-state index contributed by atoms with van der Waals surface area (Å²) < 4.78 is 5.51. The van der Waals surface area contributed by atoms with Crippen LogP contribution in [0.4, 0.5) is 0 Å². The highest BCUT2D eigenvalue weighted by Crippen LogP contribution is 2.32. The first kappa shape index (κ1) is 12.3. The zero-order valence-corrected chi connectivity index (χ0v) is 10.6. The van der Waals surface area contributed by atoms with Crippen molar-refractivity contribution in [3.05, 3.63) is 0 Å². The number of hydrogen-bond donors (Lipinski definition) is 1. The molecule has 0 spiro atoms. The molecule has 2 fully saturated rings. The van der Waals surface area contributed by atoms with Crippen LogP contribution in [0.25, 0.3) is 0 Å². The smallest absolute Gasteiger partial charge is 0.0932 e. The van der Waals surface area contributed by atoms with Crippen LogP contribution < -0.4 is 0 Å². The van der Waals surface area contributed by atoms with Crippen molar-refractivity contribution >= 4 is 0 Å². The van der Waals surface area contributed by atoms with Crippen LogP contribution in [0.15, 0.2) is 0 Å². The van der Waals surface area contributed by atoms with Crippen molar-refractivity contribution < 1.29 is 9.84 Å². The summed E-state index contributed by atoms with van der Waals surface area (Å²) in [7, 11) is 0. The fourth-order valence-corrected chi connectivity index (χ4v) is 3.39. The van der Waals surface area contributed by atoms with Gasteiger partial charge < -0.3 is 9.84 Å². The molecule has 3 atom stereocenters. The summed E-state index contributed by atoms with van der Waals surface area (Å²) in [6.45, 7) is 7.64. The molecule has 0 amide bonds. The van der Waals surface area contributed by atoms with Gasteiger partial charge in [0.15, 0.2) is 0 Å². The molecule has 94 valence electrons. The summed E-state index contributed by atoms with van der Waals surface area (Å²) in [5, 5.41) is 9.16. The molecule has 0 aromatic heterocycles. The topological polar surface area (TPSA) is 32.7 Å². The molecule has 1 heterocycles. The average molecular weight is 227 g/mol. The maximum atomic E-state index is 9.16. The van der Waals surface area contributed by atoms with E-state index in [1.54, 1.807) is 0 Å². The van der Waals surface area contributed by atoms with Crippen molar-refractivity contribution in [3.8, 4) is 0 Å². The molecular weight excluding hydrogens is 202 g/mol. The van der Waals surface area contributed by atoms with Gasteiger partial charge >= 0.3 is 0 Å². The van der Waals surface area contributed by atoms with Gasteiger partial charge in [-0.1, -0.05) is 13.8 Å². The van der Waals surface area contributed by atoms with E-state index in [1.165, 1.54) is 19.3 Å². The van der Waals surface area contributed by atoms with Gasteiger partial charge in [-0.3, -0.25) is 4.90 Å². The third-order valence-corrected chi connectivity index (χ3v) is 4.04. The first-order valence-corrected chi connectivity index (χ1v) is 6.65. The number of aliphatic hydroxyl groups excluding tert-OH is 1. The first-order valence-electron chi connectivity index (χ1n) is 6.65. The minimum atomic E-state index is 0.0429. The third kappa shape index (κ3) is 2.96. The van der Waals surface area contributed by atoms with Gasteiger partial charge in [0, 0.05) is 19.1 Å². The molecule has 1 saturated heterocycles. The number of ether oxygens (including phenoxy) is 1. The SMILES string of the molecule is CC1CC(C)CC(N2CCOC(CO)C2)C1. The Morgan fingerprint density at radius 1 is 1.19 bits per heavy atom. The predicted molar refractivity (Wildman–Crippen MR) is 64.4 cm³/mol. The maximum Gasteiger partial charge on any atom is 0.0932 e. The normalized spacial score (nSPS) is 42.2. The van der Waals surface area contributed by atoms with Crippen molar-refractivity contribution in [1.82, 2.24) is 4.90 Å². The predicted octanol–water partition coefficient (Wildman–Crippen LogP) is 1.50. The average Bonchev–Trinajstić information content (AvgIpc) is 2.28. The fourth-order valence-electron chi connectivity index (χ4n) is 3.39. The minimum absolute atomic E-state index is 0.0429. The zero-order chi connectivity index (χ0) is 11.5. The second-order valence-corrected chi connectivity index (χ2v) is 5.74. The van der Waals surface area contributed by atoms with Crippen LogP contribution in [0.3, 0.4) is 0 Å². The highest BCUT2D eigenvalue weighted by atomic mass is 16.5. The molecule has 0 radical (unpaired) electrons. The van der Waals surface area contributed by atoms with Crippen LogP contribution in [0, 0.1) is 11.8 Å². The Labute approximate surface area is 98.8 Å². The molecule has 3 unspecified atom stereocenters. The van der Waals surface area contributed by atoms with Crippen LogP contribution in [0.5, 0.6) is 0 Å². The van der Waals surface area contributed by atoms with Crippen molar-refractivity contribution in [1.29, 1.82) is 0 Å². The van der Waals surface area contributed by atoms with Crippen LogP contribution in [-0.4, -0.2) is 48.5 Å². The second kappa shape index (κ2) is 5.48. The lowest BCUT2D eigenvalue weighted by Gasteiger charge is -2.42. The third-order valence-electron chi connectivity index (χ3n) is 4.04. The Balaban J connectivity index is 1.90. The van der Waals surface area contributed by atoms with Crippen molar-refractivity contribution in [3.63, 3.8) is 0 Å². The highest BCUT2D eigenvalue weighted by molar-refractivity contribution is 4.84. The van der Waals surface area contributed by atoms with Crippen LogP contribution in [0.2, 0.25) is 0 Å². The summed E-state index contributed by atoms with van der Waals surface area (Å²) in [4.78, 5) is 2.54. The lowest BCUT2D eigenvalue weighted by Crippen LogP contribution is -2.50. The van der Waals surface area contributed by atoms with Gasteiger partial charge in [0.25, 0.3) is 0 Å². The van der Waals surface area contributed by atoms with E-state index in [0.29, 0.717) is 0 Å². The number of hydrogen-bond acceptors (Lipinski definition) is 3. The van der Waals surface area contributed by atoms with E-state index in [2.05, 4.69) is 18.7 Å². The molecule has 1 aliphatic carbocycles. The lowest BCUT2D eigenvalue weighted by atomic mass is 9.79. The number of nitrogens with zero attached hydrogens (tertiary/aromatic N) is 1. The van der Waals surface area contributed by atoms with E-state index in [9.17, 15) is 0 Å². The van der Waals surface area contributed by atoms with E-state index >= 15 is 0 Å². The van der Waals surface area contributed by atoms with Crippen LogP contribution in [0.1, 0.15) is 33.1 Å². The van der Waals surface area contributed by atoms with Gasteiger partial charge in [-0.15, -0.1) is 0 Å². The van der Waals surface area contributed by atoms with Crippen molar-refractivity contribution in [2.75, 3.05) is 26.3 Å². The molecule has 0 bridgehead atoms. The molecule has 16 heavy (non-hydrogen) atoms. The largest absolute Gasteiger partial charge is 0.394 e. The number of morpholine rings is 1. The fraction of sp³-hybridized carbons (Fsp3) is 1.00. The van der Waals surface area contributed by atoms with E-state index in [0.717, 1.165) is 37.6 Å². The zero-order valence-electron chi connectivity index (χ0n) is 10.6. The molecule has 1 saturated carbocycles. The summed E-state index contributed by atoms with van der Waals surface area (Å²) >= 11 is 0. The van der Waals surface area contributed by atoms with Gasteiger partial charge in [-0.05, 0) is 31.1 Å². The lowest BCUT2D eigenvalue weighted by molar-refractivity contribution is -0.0729. The Kier molecular flexibility index (Phi) is 4.22. The van der Waals surface area contributed by atoms with Crippen LogP contribution >= 0.6 is 0 Å². The number of rotatable bonds is 2. The quantitative estimate of drug-likeness (QED) is 0.776. The number of aliphatic hydroxyl groups is 1. The molecule has 0 aromatic carbocycles. The van der Waals surface area contributed by atoms with Crippen LogP contribution in [-0.2, 0) is 4.74 Å². The maximum absolute atomic E-state index is 9.16. The van der Waals surface area contributed by atoms with Gasteiger partial charge in [-0.2, -0.15) is 0 Å². The molecule has 2 rings (SSSR count). The van der Waals surface area contributed by atoms with Crippen molar-refractivity contribution in [2.45, 2.75) is 45.3 Å². The summed E-state index contributed by atoms with van der Waals surface area (Å²) in [5.74, 6) is 1.70. The Bertz CT molecular complexity index is 212. The monoisotopic (exact) mass is 227 g/mol. The van der Waals surface area contributed by atoms with E-state index in [1.807, 2.05) is 0 Å². The standard InChI is InChI=1S/C13H25NO2/c1-10-5-11(2)7-12(6-10)14-3-4-16-13(8-14)9-15/h10-13,15H,3-9H2,1-2H3. The molecule has 1 N–H and O–H groups in total.